The average molecular weight is 428 g/mol. The molecule has 0 bridgehead atoms. The van der Waals surface area contributed by atoms with E-state index in [-0.39, 0.29) is 25.4 Å². The molecule has 7 nitrogen and oxygen atoms in total. The van der Waals surface area contributed by atoms with Crippen molar-refractivity contribution in [2.24, 2.45) is 0 Å². The van der Waals surface area contributed by atoms with Crippen LogP contribution in [0.2, 0.25) is 0 Å². The van der Waals surface area contributed by atoms with Gasteiger partial charge in [0.2, 0.25) is 5.91 Å². The van der Waals surface area contributed by atoms with Crippen molar-refractivity contribution >= 4 is 24.1 Å². The second-order valence-corrected chi connectivity index (χ2v) is 8.01. The fourth-order valence-corrected chi connectivity index (χ4v) is 3.50. The molecule has 0 radical (unpaired) electrons. The Morgan fingerprint density at radius 1 is 0.600 bits per heavy atom. The highest BCUT2D eigenvalue weighted by molar-refractivity contribution is 5.81. The maximum absolute atomic E-state index is 12.1. The fraction of sp³-hybridized carbons (Fsp3) is 0.826. The van der Waals surface area contributed by atoms with E-state index in [1.165, 1.54) is 56.3 Å². The van der Waals surface area contributed by atoms with E-state index in [0.717, 1.165) is 38.5 Å². The maximum atomic E-state index is 12.1. The Kier molecular flexibility index (Phi) is 19.1. The second kappa shape index (κ2) is 20.4. The summed E-state index contributed by atoms with van der Waals surface area (Å²) in [5.41, 5.74) is 0. The van der Waals surface area contributed by atoms with Crippen molar-refractivity contribution in [3.8, 4) is 0 Å². The van der Waals surface area contributed by atoms with E-state index in [1.54, 1.807) is 0 Å². The van der Waals surface area contributed by atoms with Gasteiger partial charge in [0.15, 0.2) is 0 Å². The quantitative estimate of drug-likeness (QED) is 0.189. The van der Waals surface area contributed by atoms with Gasteiger partial charge in [-0.15, -0.1) is 0 Å². The number of rotatable bonds is 22. The minimum Gasteiger partial charge on any atom is -0.481 e. The van der Waals surface area contributed by atoms with Crippen LogP contribution in [0, 0.1) is 0 Å². The predicted octanol–water partition coefficient (Wildman–Crippen LogP) is 4.81. The summed E-state index contributed by atoms with van der Waals surface area (Å²) in [5, 5.41) is 17.4. The number of carboxylic acid groups (broad SMARTS) is 2. The number of carbonyl (C=O) groups excluding carboxylic acids is 2. The Morgan fingerprint density at radius 2 is 1.00 bits per heavy atom. The summed E-state index contributed by atoms with van der Waals surface area (Å²) in [5.74, 6) is -1.93. The van der Waals surface area contributed by atoms with Crippen LogP contribution in [0.4, 0.5) is 0 Å². The third-order valence-electron chi connectivity index (χ3n) is 5.23. The molecule has 2 N–H and O–H groups in total. The van der Waals surface area contributed by atoms with Gasteiger partial charge in [-0.2, -0.15) is 0 Å². The molecule has 1 amide bonds. The Bertz CT molecular complexity index is 480. The summed E-state index contributed by atoms with van der Waals surface area (Å²) in [6.45, 7) is -0.156. The molecule has 0 saturated carbocycles. The molecule has 0 heterocycles. The van der Waals surface area contributed by atoms with Gasteiger partial charge in [-0.3, -0.25) is 14.4 Å². The molecule has 0 aliphatic rings. The first-order valence-electron chi connectivity index (χ1n) is 11.6. The van der Waals surface area contributed by atoms with Gasteiger partial charge in [-0.1, -0.05) is 77.0 Å². The van der Waals surface area contributed by atoms with E-state index in [0.29, 0.717) is 19.1 Å². The predicted molar refractivity (Wildman–Crippen MR) is 116 cm³/mol. The minimum atomic E-state index is -1.05. The molecule has 0 atom stereocenters. The van der Waals surface area contributed by atoms with Crippen LogP contribution in [0.25, 0.3) is 0 Å². The number of carboxylic acids is 2. The van der Waals surface area contributed by atoms with Gasteiger partial charge >= 0.3 is 11.9 Å². The highest BCUT2D eigenvalue weighted by Gasteiger charge is 2.15. The van der Waals surface area contributed by atoms with E-state index in [2.05, 4.69) is 0 Å². The topological polar surface area (TPSA) is 112 Å². The van der Waals surface area contributed by atoms with Crippen molar-refractivity contribution in [2.75, 3.05) is 13.1 Å². The van der Waals surface area contributed by atoms with Crippen LogP contribution in [0.5, 0.6) is 0 Å². The van der Waals surface area contributed by atoms with Crippen molar-refractivity contribution in [3.63, 3.8) is 0 Å². The summed E-state index contributed by atoms with van der Waals surface area (Å²) in [4.78, 5) is 45.0. The number of carbonyl (C=O) groups is 4. The molecule has 30 heavy (non-hydrogen) atoms. The van der Waals surface area contributed by atoms with Gasteiger partial charge in [0.25, 0.3) is 0 Å². The van der Waals surface area contributed by atoms with Gasteiger partial charge in [0.05, 0.1) is 0 Å². The molecule has 7 heteroatoms. The van der Waals surface area contributed by atoms with Crippen LogP contribution in [0.15, 0.2) is 0 Å². The Hall–Kier alpha value is -1.92. The fourth-order valence-electron chi connectivity index (χ4n) is 3.50. The molecule has 174 valence electrons. The normalized spacial score (nSPS) is 10.7. The summed E-state index contributed by atoms with van der Waals surface area (Å²) in [7, 11) is 0. The highest BCUT2D eigenvalue weighted by Crippen LogP contribution is 2.14. The molecule has 0 unspecified atom stereocenters. The van der Waals surface area contributed by atoms with E-state index >= 15 is 0 Å². The molecular formula is C23H41NO6. The summed E-state index contributed by atoms with van der Waals surface area (Å²) in [6, 6.07) is 0. The number of amides is 1. The summed E-state index contributed by atoms with van der Waals surface area (Å²) < 4.78 is 0. The van der Waals surface area contributed by atoms with Gasteiger partial charge < -0.3 is 19.9 Å². The molecular weight excluding hydrogens is 386 g/mol. The van der Waals surface area contributed by atoms with E-state index < -0.39 is 11.9 Å². The maximum Gasteiger partial charge on any atom is 0.323 e. The van der Waals surface area contributed by atoms with Crippen LogP contribution in [-0.4, -0.2) is 52.3 Å². The van der Waals surface area contributed by atoms with Crippen LogP contribution in [0.1, 0.15) is 109 Å². The van der Waals surface area contributed by atoms with Crippen LogP contribution in [0.3, 0.4) is 0 Å². The molecule has 0 aromatic rings. The average Bonchev–Trinajstić information content (AvgIpc) is 2.70. The minimum absolute atomic E-state index is 0.172. The lowest BCUT2D eigenvalue weighted by atomic mass is 10.0. The van der Waals surface area contributed by atoms with Gasteiger partial charge in [0, 0.05) is 25.8 Å². The first-order valence-corrected chi connectivity index (χ1v) is 11.6. The molecule has 0 aromatic heterocycles. The molecule has 0 spiro atoms. The smallest absolute Gasteiger partial charge is 0.323 e. The SMILES string of the molecule is O=CCCN(CC(=O)O)C(=O)CCCCCCCCCCCCCCCCC(=O)O. The summed E-state index contributed by atoms with van der Waals surface area (Å²) in [6.07, 6.45) is 17.2. The molecule has 0 aromatic carbocycles. The highest BCUT2D eigenvalue weighted by atomic mass is 16.4. The molecule has 0 fully saturated rings. The molecule has 0 saturated heterocycles. The summed E-state index contributed by atoms with van der Waals surface area (Å²) >= 11 is 0. The van der Waals surface area contributed by atoms with Gasteiger partial charge in [-0.25, -0.2) is 0 Å². The zero-order valence-electron chi connectivity index (χ0n) is 18.5. The van der Waals surface area contributed by atoms with E-state index in [4.69, 9.17) is 10.2 Å². The number of aliphatic carboxylic acids is 2. The van der Waals surface area contributed by atoms with Crippen molar-refractivity contribution in [3.05, 3.63) is 0 Å². The number of hydrogen-bond acceptors (Lipinski definition) is 4. The first kappa shape index (κ1) is 28.1. The molecule has 0 aliphatic carbocycles. The molecule has 0 aliphatic heterocycles. The number of hydrogen-bond donors (Lipinski definition) is 2. The number of nitrogens with zero attached hydrogens (tertiary/aromatic N) is 1. The first-order chi connectivity index (χ1) is 14.5. The van der Waals surface area contributed by atoms with Crippen LogP contribution in [-0.2, 0) is 19.2 Å². The third kappa shape index (κ3) is 19.4. The second-order valence-electron chi connectivity index (χ2n) is 8.01. The van der Waals surface area contributed by atoms with Crippen LogP contribution >= 0.6 is 0 Å². The Morgan fingerprint density at radius 3 is 1.37 bits per heavy atom. The van der Waals surface area contributed by atoms with Crippen molar-refractivity contribution in [1.82, 2.24) is 4.90 Å². The number of unbranched alkanes of at least 4 members (excludes halogenated alkanes) is 13. The largest absolute Gasteiger partial charge is 0.481 e. The standard InChI is InChI=1S/C23H41NO6/c25-19-15-18-24(20-23(29)30)21(26)16-13-11-9-7-5-3-1-2-4-6-8-10-12-14-17-22(27)28/h19H,1-18,20H2,(H,27,28)(H,29,30). The Labute approximate surface area is 181 Å². The van der Waals surface area contributed by atoms with E-state index in [1.807, 2.05) is 0 Å². The zero-order valence-corrected chi connectivity index (χ0v) is 18.5. The van der Waals surface area contributed by atoms with Crippen LogP contribution < -0.4 is 0 Å². The molecule has 0 rings (SSSR count). The monoisotopic (exact) mass is 427 g/mol. The Balaban J connectivity index is 3.44. The third-order valence-corrected chi connectivity index (χ3v) is 5.23. The zero-order chi connectivity index (χ0) is 22.5. The lowest BCUT2D eigenvalue weighted by molar-refractivity contribution is -0.144. The van der Waals surface area contributed by atoms with E-state index in [9.17, 15) is 19.2 Å². The lowest BCUT2D eigenvalue weighted by Gasteiger charge is -2.19. The lowest BCUT2D eigenvalue weighted by Crippen LogP contribution is -2.36. The van der Waals surface area contributed by atoms with Gasteiger partial charge in [0.1, 0.15) is 12.8 Å². The van der Waals surface area contributed by atoms with Crippen molar-refractivity contribution in [2.45, 2.75) is 109 Å². The van der Waals surface area contributed by atoms with Gasteiger partial charge in [-0.05, 0) is 12.8 Å². The van der Waals surface area contributed by atoms with Crippen molar-refractivity contribution in [1.29, 1.82) is 0 Å². The number of aldehydes is 1. The van der Waals surface area contributed by atoms with Crippen molar-refractivity contribution < 1.29 is 29.4 Å².